The monoisotopic (exact) mass is 402 g/mol. The molecule has 0 amide bonds. The van der Waals surface area contributed by atoms with E-state index in [2.05, 4.69) is 25.3 Å². The predicted octanol–water partition coefficient (Wildman–Crippen LogP) is 2.25. The highest BCUT2D eigenvalue weighted by atomic mass is 35.5. The summed E-state index contributed by atoms with van der Waals surface area (Å²) in [7, 11) is 0. The van der Waals surface area contributed by atoms with Gasteiger partial charge in [0.25, 0.3) is 0 Å². The lowest BCUT2D eigenvalue weighted by atomic mass is 10.2. The summed E-state index contributed by atoms with van der Waals surface area (Å²) in [6, 6.07) is 9.47. The highest BCUT2D eigenvalue weighted by Crippen LogP contribution is 2.22. The fourth-order valence-electron chi connectivity index (χ4n) is 3.09. The van der Waals surface area contributed by atoms with Crippen molar-refractivity contribution in [1.29, 1.82) is 0 Å². The topological polar surface area (TPSA) is 75.1 Å². The predicted molar refractivity (Wildman–Crippen MR) is 111 cm³/mol. The molecule has 0 bridgehead atoms. The Bertz CT molecular complexity index is 786. The van der Waals surface area contributed by atoms with Gasteiger partial charge in [0, 0.05) is 42.8 Å². The molecule has 1 aromatic heterocycles. The smallest absolute Gasteiger partial charge is 0.229 e. The normalized spacial score (nSPS) is 17.9. The maximum Gasteiger partial charge on any atom is 0.229 e. The third-order valence-corrected chi connectivity index (χ3v) is 4.96. The van der Waals surface area contributed by atoms with E-state index in [0.717, 1.165) is 37.6 Å². The number of halogens is 1. The van der Waals surface area contributed by atoms with E-state index in [1.807, 2.05) is 30.3 Å². The molecular weight excluding hydrogens is 380 g/mol. The Balaban J connectivity index is 1.56. The van der Waals surface area contributed by atoms with Crippen molar-refractivity contribution in [3.63, 3.8) is 0 Å². The van der Waals surface area contributed by atoms with Crippen LogP contribution in [0.1, 0.15) is 5.56 Å². The third-order valence-electron chi connectivity index (χ3n) is 4.62. The van der Waals surface area contributed by atoms with Gasteiger partial charge in [-0.05, 0) is 6.07 Å². The minimum Gasteiger partial charge on any atom is -0.378 e. The van der Waals surface area contributed by atoms with Gasteiger partial charge < -0.3 is 19.3 Å². The number of nitrogens with one attached hydrogen (secondary N) is 1. The van der Waals surface area contributed by atoms with Crippen molar-refractivity contribution in [3.05, 3.63) is 40.9 Å². The Morgan fingerprint density at radius 3 is 2.36 bits per heavy atom. The molecule has 0 saturated carbocycles. The number of rotatable bonds is 5. The van der Waals surface area contributed by atoms with E-state index in [-0.39, 0.29) is 0 Å². The van der Waals surface area contributed by atoms with E-state index in [1.54, 1.807) is 6.21 Å². The van der Waals surface area contributed by atoms with Crippen molar-refractivity contribution >= 4 is 35.4 Å². The number of nitrogens with zero attached hydrogens (tertiary/aromatic N) is 5. The maximum atomic E-state index is 6.18. The first-order valence-corrected chi connectivity index (χ1v) is 9.75. The van der Waals surface area contributed by atoms with E-state index in [9.17, 15) is 0 Å². The molecule has 0 unspecified atom stereocenters. The van der Waals surface area contributed by atoms with Crippen LogP contribution in [0.2, 0.25) is 5.02 Å². The molecule has 1 N–H and O–H groups in total. The number of benzene rings is 1. The number of aromatic nitrogens is 2. The van der Waals surface area contributed by atoms with Crippen LogP contribution in [0.4, 0.5) is 17.6 Å². The van der Waals surface area contributed by atoms with Gasteiger partial charge >= 0.3 is 0 Å². The number of hydrogen-bond acceptors (Lipinski definition) is 8. The first kappa shape index (κ1) is 18.9. The van der Waals surface area contributed by atoms with Crippen LogP contribution >= 0.6 is 11.6 Å². The number of hydrazone groups is 1. The molecular formula is C19H23ClN6O2. The molecule has 9 heteroatoms. The van der Waals surface area contributed by atoms with Crippen LogP contribution in [0.25, 0.3) is 0 Å². The van der Waals surface area contributed by atoms with Crippen LogP contribution < -0.4 is 15.2 Å². The average Bonchev–Trinajstić information content (AvgIpc) is 2.76. The summed E-state index contributed by atoms with van der Waals surface area (Å²) in [5, 5.41) is 4.96. The Morgan fingerprint density at radius 1 is 0.964 bits per heavy atom. The van der Waals surface area contributed by atoms with Gasteiger partial charge in [0.15, 0.2) is 5.82 Å². The lowest BCUT2D eigenvalue weighted by Crippen LogP contribution is -2.39. The van der Waals surface area contributed by atoms with Crippen molar-refractivity contribution in [2.45, 2.75) is 0 Å². The average molecular weight is 403 g/mol. The van der Waals surface area contributed by atoms with Crippen LogP contribution in [-0.4, -0.2) is 68.8 Å². The van der Waals surface area contributed by atoms with Gasteiger partial charge in [-0.25, -0.2) is 0 Å². The zero-order valence-electron chi connectivity index (χ0n) is 15.6. The molecule has 8 nitrogen and oxygen atoms in total. The molecule has 28 heavy (non-hydrogen) atoms. The summed E-state index contributed by atoms with van der Waals surface area (Å²) in [5.41, 5.74) is 3.86. The first-order chi connectivity index (χ1) is 13.8. The fraction of sp³-hybridized carbons (Fsp3) is 0.421. The zero-order chi connectivity index (χ0) is 19.2. The van der Waals surface area contributed by atoms with Crippen LogP contribution in [0.15, 0.2) is 35.4 Å². The molecule has 2 fully saturated rings. The molecule has 4 rings (SSSR count). The van der Waals surface area contributed by atoms with Crippen molar-refractivity contribution in [3.8, 4) is 0 Å². The quantitative estimate of drug-likeness (QED) is 0.607. The van der Waals surface area contributed by atoms with E-state index in [4.69, 9.17) is 26.1 Å². The molecule has 2 aliphatic rings. The lowest BCUT2D eigenvalue weighted by molar-refractivity contribution is 0.121. The van der Waals surface area contributed by atoms with Gasteiger partial charge in [0.05, 0.1) is 32.6 Å². The van der Waals surface area contributed by atoms with Gasteiger partial charge in [-0.2, -0.15) is 15.1 Å². The second-order valence-corrected chi connectivity index (χ2v) is 6.91. The minimum atomic E-state index is 0.640. The molecule has 1 aromatic carbocycles. The van der Waals surface area contributed by atoms with E-state index in [0.29, 0.717) is 43.2 Å². The summed E-state index contributed by atoms with van der Waals surface area (Å²) in [6.45, 7) is 5.92. The van der Waals surface area contributed by atoms with Crippen LogP contribution in [0, 0.1) is 0 Å². The summed E-state index contributed by atoms with van der Waals surface area (Å²) < 4.78 is 10.9. The van der Waals surface area contributed by atoms with Crippen LogP contribution in [0.5, 0.6) is 0 Å². The summed E-state index contributed by atoms with van der Waals surface area (Å²) in [4.78, 5) is 13.8. The van der Waals surface area contributed by atoms with E-state index < -0.39 is 0 Å². The first-order valence-electron chi connectivity index (χ1n) is 9.38. The summed E-state index contributed by atoms with van der Waals surface area (Å²) in [5.74, 6) is 2.19. The van der Waals surface area contributed by atoms with Crippen molar-refractivity contribution in [2.75, 3.05) is 67.8 Å². The molecule has 148 valence electrons. The van der Waals surface area contributed by atoms with Gasteiger partial charge in [-0.3, -0.25) is 5.43 Å². The molecule has 2 aliphatic heterocycles. The fourth-order valence-corrected chi connectivity index (χ4v) is 3.27. The number of anilines is 3. The Labute approximate surface area is 169 Å². The SMILES string of the molecule is Clc1ccccc1C=NNc1cc(N2CCOCC2)nc(N2CCOCC2)n1. The molecule has 0 radical (unpaired) electrons. The minimum absolute atomic E-state index is 0.640. The molecule has 3 heterocycles. The standard InChI is InChI=1S/C19H23ClN6O2/c20-16-4-2-1-3-15(16)14-21-24-17-13-18(25-5-9-27-10-6-25)23-19(22-17)26-7-11-28-12-8-26/h1-4,13-14H,5-12H2,(H,22,23,24). The Hall–Kier alpha value is -2.42. The molecule has 0 spiro atoms. The second kappa shape index (κ2) is 9.18. The maximum absolute atomic E-state index is 6.18. The largest absolute Gasteiger partial charge is 0.378 e. The van der Waals surface area contributed by atoms with Gasteiger partial charge in [0.1, 0.15) is 5.82 Å². The van der Waals surface area contributed by atoms with Crippen molar-refractivity contribution in [1.82, 2.24) is 9.97 Å². The third kappa shape index (κ3) is 4.70. The van der Waals surface area contributed by atoms with Gasteiger partial charge in [-0.15, -0.1) is 0 Å². The summed E-state index contributed by atoms with van der Waals surface area (Å²) >= 11 is 6.18. The molecule has 2 aromatic rings. The molecule has 0 atom stereocenters. The highest BCUT2D eigenvalue weighted by molar-refractivity contribution is 6.33. The van der Waals surface area contributed by atoms with Crippen LogP contribution in [0.3, 0.4) is 0 Å². The lowest BCUT2D eigenvalue weighted by Gasteiger charge is -2.31. The zero-order valence-corrected chi connectivity index (χ0v) is 16.3. The van der Waals surface area contributed by atoms with E-state index >= 15 is 0 Å². The number of hydrogen-bond donors (Lipinski definition) is 1. The summed E-state index contributed by atoms with van der Waals surface area (Å²) in [6.07, 6.45) is 1.69. The Morgan fingerprint density at radius 2 is 1.64 bits per heavy atom. The Kier molecular flexibility index (Phi) is 6.20. The molecule has 2 saturated heterocycles. The number of morpholine rings is 2. The molecule has 0 aliphatic carbocycles. The van der Waals surface area contributed by atoms with Crippen molar-refractivity contribution in [2.24, 2.45) is 5.10 Å². The highest BCUT2D eigenvalue weighted by Gasteiger charge is 2.19. The second-order valence-electron chi connectivity index (χ2n) is 6.50. The van der Waals surface area contributed by atoms with Gasteiger partial charge in [0.2, 0.25) is 5.95 Å². The number of ether oxygens (including phenoxy) is 2. The van der Waals surface area contributed by atoms with Crippen molar-refractivity contribution < 1.29 is 9.47 Å². The van der Waals surface area contributed by atoms with Gasteiger partial charge in [-0.1, -0.05) is 29.8 Å². The van der Waals surface area contributed by atoms with Crippen LogP contribution in [-0.2, 0) is 9.47 Å². The van der Waals surface area contributed by atoms with E-state index in [1.165, 1.54) is 0 Å².